The largest absolute Gasteiger partial charge is 0.325 e. The number of hydrogen-bond donors (Lipinski definition) is 2. The number of nitrogen functional groups attached to an aromatic ring is 1. The first kappa shape index (κ1) is 12.5. The number of hydrogen-bond acceptors (Lipinski definition) is 5. The molecule has 0 bridgehead atoms. The van der Waals surface area contributed by atoms with Gasteiger partial charge < -0.3 is 9.99 Å². The van der Waals surface area contributed by atoms with E-state index < -0.39 is 0 Å². The molecule has 96 valence electrons. The lowest BCUT2D eigenvalue weighted by Gasteiger charge is -2.12. The fourth-order valence-corrected chi connectivity index (χ4v) is 1.76. The third-order valence-corrected chi connectivity index (χ3v) is 2.74. The molecule has 2 heterocycles. The SMILES string of the molecule is CCc1cc(NN)nc(-c2cncn2C(C)C)n1. The van der Waals surface area contributed by atoms with Gasteiger partial charge in [-0.2, -0.15) is 0 Å². The van der Waals surface area contributed by atoms with Gasteiger partial charge in [-0.05, 0) is 20.3 Å². The average Bonchev–Trinajstić information content (AvgIpc) is 2.87. The molecule has 0 fully saturated rings. The Hall–Kier alpha value is -1.95. The van der Waals surface area contributed by atoms with Gasteiger partial charge in [0.25, 0.3) is 0 Å². The molecule has 2 aromatic rings. The van der Waals surface area contributed by atoms with Gasteiger partial charge in [0.2, 0.25) is 0 Å². The number of hydrazine groups is 1. The summed E-state index contributed by atoms with van der Waals surface area (Å²) in [6.07, 6.45) is 4.40. The Bertz CT molecular complexity index is 509. The molecule has 18 heavy (non-hydrogen) atoms. The van der Waals surface area contributed by atoms with Crippen molar-refractivity contribution in [3.8, 4) is 11.5 Å². The maximum atomic E-state index is 5.43. The molecule has 0 atom stereocenters. The molecule has 3 N–H and O–H groups in total. The summed E-state index contributed by atoms with van der Waals surface area (Å²) < 4.78 is 2.04. The molecular formula is C12H18N6. The van der Waals surface area contributed by atoms with Crippen molar-refractivity contribution in [2.45, 2.75) is 33.2 Å². The highest BCUT2D eigenvalue weighted by Crippen LogP contribution is 2.20. The minimum Gasteiger partial charge on any atom is -0.325 e. The van der Waals surface area contributed by atoms with Crippen molar-refractivity contribution in [3.63, 3.8) is 0 Å². The highest BCUT2D eigenvalue weighted by molar-refractivity contribution is 5.53. The van der Waals surface area contributed by atoms with Crippen LogP contribution in [0.2, 0.25) is 0 Å². The topological polar surface area (TPSA) is 81.6 Å². The predicted molar refractivity (Wildman–Crippen MR) is 70.8 cm³/mol. The first-order chi connectivity index (χ1) is 8.65. The molecule has 0 aliphatic carbocycles. The Balaban J connectivity index is 2.52. The van der Waals surface area contributed by atoms with Crippen molar-refractivity contribution in [3.05, 3.63) is 24.3 Å². The van der Waals surface area contributed by atoms with Gasteiger partial charge >= 0.3 is 0 Å². The van der Waals surface area contributed by atoms with Crippen molar-refractivity contribution in [2.75, 3.05) is 5.43 Å². The van der Waals surface area contributed by atoms with Crippen molar-refractivity contribution < 1.29 is 0 Å². The van der Waals surface area contributed by atoms with Crippen LogP contribution in [-0.2, 0) is 6.42 Å². The number of nitrogens with one attached hydrogen (secondary N) is 1. The first-order valence-corrected chi connectivity index (χ1v) is 6.02. The summed E-state index contributed by atoms with van der Waals surface area (Å²) in [5.41, 5.74) is 4.42. The third kappa shape index (κ3) is 2.33. The zero-order valence-electron chi connectivity index (χ0n) is 10.9. The van der Waals surface area contributed by atoms with Crippen LogP contribution in [0, 0.1) is 0 Å². The van der Waals surface area contributed by atoms with E-state index in [2.05, 4.69) is 34.2 Å². The van der Waals surface area contributed by atoms with Gasteiger partial charge in [0.1, 0.15) is 11.5 Å². The standard InChI is InChI=1S/C12H18N6/c1-4-9-5-11(17-13)16-12(15-9)10-6-14-7-18(10)8(2)3/h5-8H,4,13H2,1-3H3,(H,15,16,17). The zero-order valence-corrected chi connectivity index (χ0v) is 10.9. The quantitative estimate of drug-likeness (QED) is 0.634. The predicted octanol–water partition coefficient (Wildman–Crippen LogP) is 1.77. The minimum atomic E-state index is 0.311. The van der Waals surface area contributed by atoms with E-state index in [0.29, 0.717) is 17.7 Å². The molecule has 0 spiro atoms. The van der Waals surface area contributed by atoms with E-state index in [0.717, 1.165) is 17.8 Å². The molecule has 2 aromatic heterocycles. The molecule has 0 saturated heterocycles. The van der Waals surface area contributed by atoms with Crippen molar-refractivity contribution in [1.82, 2.24) is 19.5 Å². The Kier molecular flexibility index (Phi) is 3.57. The highest BCUT2D eigenvalue weighted by atomic mass is 15.3. The average molecular weight is 246 g/mol. The van der Waals surface area contributed by atoms with Crippen LogP contribution in [0.3, 0.4) is 0 Å². The van der Waals surface area contributed by atoms with Crippen LogP contribution in [0.4, 0.5) is 5.82 Å². The summed E-state index contributed by atoms with van der Waals surface area (Å²) >= 11 is 0. The maximum absolute atomic E-state index is 5.43. The Morgan fingerprint density at radius 1 is 1.39 bits per heavy atom. The fourth-order valence-electron chi connectivity index (χ4n) is 1.76. The van der Waals surface area contributed by atoms with Gasteiger partial charge in [-0.15, -0.1) is 0 Å². The summed E-state index contributed by atoms with van der Waals surface area (Å²) in [5, 5.41) is 0. The van der Waals surface area contributed by atoms with Crippen LogP contribution in [0.1, 0.15) is 32.5 Å². The lowest BCUT2D eigenvalue weighted by Crippen LogP contribution is -2.11. The lowest BCUT2D eigenvalue weighted by molar-refractivity contribution is 0.603. The number of imidazole rings is 1. The molecule has 0 aliphatic heterocycles. The number of aryl methyl sites for hydroxylation is 1. The molecular weight excluding hydrogens is 228 g/mol. The number of nitrogens with zero attached hydrogens (tertiary/aromatic N) is 4. The van der Waals surface area contributed by atoms with E-state index in [1.165, 1.54) is 0 Å². The zero-order chi connectivity index (χ0) is 13.1. The highest BCUT2D eigenvalue weighted by Gasteiger charge is 2.12. The van der Waals surface area contributed by atoms with Crippen LogP contribution < -0.4 is 11.3 Å². The minimum absolute atomic E-state index is 0.311. The van der Waals surface area contributed by atoms with E-state index in [9.17, 15) is 0 Å². The number of nitrogens with two attached hydrogens (primary N) is 1. The van der Waals surface area contributed by atoms with Crippen LogP contribution >= 0.6 is 0 Å². The van der Waals surface area contributed by atoms with Crippen molar-refractivity contribution >= 4 is 5.82 Å². The summed E-state index contributed by atoms with van der Waals surface area (Å²) in [5.74, 6) is 6.70. The molecule has 6 nitrogen and oxygen atoms in total. The van der Waals surface area contributed by atoms with Crippen molar-refractivity contribution in [2.24, 2.45) is 5.84 Å². The molecule has 0 amide bonds. The van der Waals surface area contributed by atoms with Gasteiger partial charge in [-0.1, -0.05) is 6.92 Å². The number of anilines is 1. The van der Waals surface area contributed by atoms with E-state index >= 15 is 0 Å². The Labute approximate surface area is 106 Å². The van der Waals surface area contributed by atoms with Gasteiger partial charge in [0.15, 0.2) is 5.82 Å². The maximum Gasteiger partial charge on any atom is 0.180 e. The molecule has 0 saturated carbocycles. The second-order valence-corrected chi connectivity index (χ2v) is 4.35. The second kappa shape index (κ2) is 5.14. The molecule has 6 heteroatoms. The monoisotopic (exact) mass is 246 g/mol. The van der Waals surface area contributed by atoms with E-state index in [1.807, 2.05) is 17.6 Å². The summed E-state index contributed by atoms with van der Waals surface area (Å²) in [6.45, 7) is 6.24. The molecule has 0 radical (unpaired) electrons. The second-order valence-electron chi connectivity index (χ2n) is 4.35. The van der Waals surface area contributed by atoms with Crippen LogP contribution in [-0.4, -0.2) is 19.5 Å². The molecule has 2 rings (SSSR count). The molecule has 0 aliphatic rings. The van der Waals surface area contributed by atoms with E-state index in [1.54, 1.807) is 12.5 Å². The van der Waals surface area contributed by atoms with Crippen LogP contribution in [0.15, 0.2) is 18.6 Å². The Morgan fingerprint density at radius 2 is 2.17 bits per heavy atom. The Morgan fingerprint density at radius 3 is 2.78 bits per heavy atom. The molecule has 0 unspecified atom stereocenters. The van der Waals surface area contributed by atoms with Gasteiger partial charge in [-0.25, -0.2) is 20.8 Å². The first-order valence-electron chi connectivity index (χ1n) is 6.02. The molecule has 0 aromatic carbocycles. The van der Waals surface area contributed by atoms with E-state index in [4.69, 9.17) is 5.84 Å². The van der Waals surface area contributed by atoms with E-state index in [-0.39, 0.29) is 0 Å². The van der Waals surface area contributed by atoms with Crippen molar-refractivity contribution in [1.29, 1.82) is 0 Å². The van der Waals surface area contributed by atoms with Gasteiger partial charge in [0, 0.05) is 17.8 Å². The smallest absolute Gasteiger partial charge is 0.180 e. The third-order valence-electron chi connectivity index (χ3n) is 2.74. The fraction of sp³-hybridized carbons (Fsp3) is 0.417. The normalized spacial score (nSPS) is 10.9. The number of aromatic nitrogens is 4. The van der Waals surface area contributed by atoms with Gasteiger partial charge in [0.05, 0.1) is 12.5 Å². The summed E-state index contributed by atoms with van der Waals surface area (Å²) in [6, 6.07) is 2.16. The van der Waals surface area contributed by atoms with Gasteiger partial charge in [-0.3, -0.25) is 0 Å². The lowest BCUT2D eigenvalue weighted by atomic mass is 10.3. The number of rotatable bonds is 4. The van der Waals surface area contributed by atoms with Crippen LogP contribution in [0.5, 0.6) is 0 Å². The summed E-state index contributed by atoms with van der Waals surface area (Å²) in [7, 11) is 0. The summed E-state index contributed by atoms with van der Waals surface area (Å²) in [4.78, 5) is 13.1. The van der Waals surface area contributed by atoms with Crippen LogP contribution in [0.25, 0.3) is 11.5 Å².